The van der Waals surface area contributed by atoms with Gasteiger partial charge < -0.3 is 20.6 Å². The number of amides is 3. The maximum atomic E-state index is 13.7. The third kappa shape index (κ3) is 5.34. The lowest BCUT2D eigenvalue weighted by atomic mass is 9.93. The average molecular weight is 432 g/mol. The molecule has 0 fully saturated rings. The number of aliphatic hydroxyl groups is 1. The average Bonchev–Trinajstić information content (AvgIpc) is 2.81. The molecule has 0 saturated carbocycles. The molecule has 2 aromatic carbocycles. The van der Waals surface area contributed by atoms with E-state index in [1.807, 2.05) is 43.3 Å². The van der Waals surface area contributed by atoms with E-state index in [4.69, 9.17) is 0 Å². The number of urea groups is 1. The van der Waals surface area contributed by atoms with Gasteiger partial charge in [0.2, 0.25) is 0 Å². The summed E-state index contributed by atoms with van der Waals surface area (Å²) >= 11 is 0. The summed E-state index contributed by atoms with van der Waals surface area (Å²) in [6.07, 6.45) is 3.92. The maximum absolute atomic E-state index is 13.7. The number of carbonyl (C=O) groups excluding carboxylic acids is 2. The number of allylic oxidation sites excluding steroid dienone is 1. The van der Waals surface area contributed by atoms with Crippen LogP contribution < -0.4 is 10.6 Å². The minimum Gasteiger partial charge on any atom is -0.394 e. The van der Waals surface area contributed by atoms with E-state index in [0.717, 1.165) is 16.7 Å². The van der Waals surface area contributed by atoms with E-state index < -0.39 is 18.1 Å². The van der Waals surface area contributed by atoms with Crippen LogP contribution in [0.15, 0.2) is 91.1 Å². The van der Waals surface area contributed by atoms with Gasteiger partial charge in [-0.05, 0) is 47.8 Å². The summed E-state index contributed by atoms with van der Waals surface area (Å²) in [6.45, 7) is 9.72. The number of hydrogen-bond acceptors (Lipinski definition) is 3. The molecule has 1 heterocycles. The molecule has 6 heteroatoms. The van der Waals surface area contributed by atoms with Crippen molar-refractivity contribution in [2.24, 2.45) is 0 Å². The zero-order chi connectivity index (χ0) is 23.1. The fourth-order valence-electron chi connectivity index (χ4n) is 3.86. The zero-order valence-electron chi connectivity index (χ0n) is 18.3. The fraction of sp³-hybridized carbons (Fsp3) is 0.231. The monoisotopic (exact) mass is 431 g/mol. The van der Waals surface area contributed by atoms with Crippen LogP contribution in [-0.4, -0.2) is 41.1 Å². The first kappa shape index (κ1) is 23.0. The molecule has 1 unspecified atom stereocenters. The van der Waals surface area contributed by atoms with Crippen molar-refractivity contribution in [3.05, 3.63) is 102 Å². The summed E-state index contributed by atoms with van der Waals surface area (Å²) < 4.78 is 0. The molecule has 2 atom stereocenters. The zero-order valence-corrected chi connectivity index (χ0v) is 18.3. The predicted octanol–water partition coefficient (Wildman–Crippen LogP) is 4.12. The molecule has 0 radical (unpaired) electrons. The number of aryl methyl sites for hydroxylation is 1. The minimum absolute atomic E-state index is 0.190. The Morgan fingerprint density at radius 2 is 1.84 bits per heavy atom. The van der Waals surface area contributed by atoms with Gasteiger partial charge in [-0.3, -0.25) is 4.79 Å². The van der Waals surface area contributed by atoms with Gasteiger partial charge in [-0.2, -0.15) is 0 Å². The Bertz CT molecular complexity index is 1030. The summed E-state index contributed by atoms with van der Waals surface area (Å²) in [7, 11) is 0. The summed E-state index contributed by atoms with van der Waals surface area (Å²) in [5.74, 6) is -0.294. The molecule has 3 N–H and O–H groups in total. The predicted molar refractivity (Wildman–Crippen MR) is 127 cm³/mol. The van der Waals surface area contributed by atoms with E-state index in [1.165, 1.54) is 0 Å². The highest BCUT2D eigenvalue weighted by atomic mass is 16.3. The standard InChI is InChI=1S/C26H29N3O3/c1-4-19-15-23(17-30)29(16-20(19)5-2)25(31)24(21-11-7-6-8-12-21)28-26(32)27-22-13-9-10-18(3)14-22/h4-14,23-24,30H,1-2,15-17H2,3H3,(H2,27,28,32)/t23-,24?/m1/s1. The van der Waals surface area contributed by atoms with Crippen LogP contribution in [0, 0.1) is 6.92 Å². The molecular formula is C26H29N3O3. The Kier molecular flexibility index (Phi) is 7.63. The number of aliphatic hydroxyl groups excluding tert-OH is 1. The minimum atomic E-state index is -0.911. The van der Waals surface area contributed by atoms with Gasteiger partial charge >= 0.3 is 6.03 Å². The topological polar surface area (TPSA) is 81.7 Å². The van der Waals surface area contributed by atoms with Crippen molar-refractivity contribution >= 4 is 17.6 Å². The Balaban J connectivity index is 1.87. The van der Waals surface area contributed by atoms with Crippen LogP contribution in [0.5, 0.6) is 0 Å². The van der Waals surface area contributed by atoms with Gasteiger partial charge in [-0.15, -0.1) is 0 Å². The summed E-state index contributed by atoms with van der Waals surface area (Å²) in [4.78, 5) is 28.0. The van der Waals surface area contributed by atoms with Crippen LogP contribution in [0.4, 0.5) is 10.5 Å². The molecule has 0 bridgehead atoms. The second-order valence-electron chi connectivity index (χ2n) is 7.78. The Labute approximate surface area is 188 Å². The second-order valence-corrected chi connectivity index (χ2v) is 7.78. The highest BCUT2D eigenvalue weighted by molar-refractivity contribution is 5.94. The number of anilines is 1. The van der Waals surface area contributed by atoms with Crippen LogP contribution in [0.1, 0.15) is 23.6 Å². The Morgan fingerprint density at radius 1 is 1.12 bits per heavy atom. The van der Waals surface area contributed by atoms with Crippen molar-refractivity contribution < 1.29 is 14.7 Å². The quantitative estimate of drug-likeness (QED) is 0.617. The summed E-state index contributed by atoms with van der Waals surface area (Å²) in [6, 6.07) is 14.7. The molecule has 0 spiro atoms. The van der Waals surface area contributed by atoms with Gasteiger partial charge in [0.1, 0.15) is 6.04 Å². The van der Waals surface area contributed by atoms with Crippen LogP contribution >= 0.6 is 0 Å². The van der Waals surface area contributed by atoms with Crippen molar-refractivity contribution in [3.8, 4) is 0 Å². The first-order chi connectivity index (χ1) is 15.5. The van der Waals surface area contributed by atoms with Gasteiger partial charge in [-0.1, -0.05) is 67.8 Å². The van der Waals surface area contributed by atoms with Gasteiger partial charge in [0, 0.05) is 12.2 Å². The van der Waals surface area contributed by atoms with Gasteiger partial charge in [0.25, 0.3) is 5.91 Å². The van der Waals surface area contributed by atoms with Crippen molar-refractivity contribution in [2.45, 2.75) is 25.4 Å². The van der Waals surface area contributed by atoms with Crippen molar-refractivity contribution in [2.75, 3.05) is 18.5 Å². The molecular weight excluding hydrogens is 402 g/mol. The number of carbonyl (C=O) groups is 2. The number of nitrogens with one attached hydrogen (secondary N) is 2. The molecule has 2 aromatic rings. The van der Waals surface area contributed by atoms with E-state index in [-0.39, 0.29) is 12.5 Å². The van der Waals surface area contributed by atoms with Crippen molar-refractivity contribution in [3.63, 3.8) is 0 Å². The fourth-order valence-corrected chi connectivity index (χ4v) is 3.86. The van der Waals surface area contributed by atoms with Crippen LogP contribution in [-0.2, 0) is 4.79 Å². The van der Waals surface area contributed by atoms with Gasteiger partial charge in [-0.25, -0.2) is 4.79 Å². The number of rotatable bonds is 7. The number of benzene rings is 2. The molecule has 1 aliphatic heterocycles. The molecule has 3 rings (SSSR count). The number of nitrogens with zero attached hydrogens (tertiary/aromatic N) is 1. The van der Waals surface area contributed by atoms with Gasteiger partial charge in [0.15, 0.2) is 0 Å². The molecule has 0 aliphatic carbocycles. The molecule has 0 aromatic heterocycles. The summed E-state index contributed by atoms with van der Waals surface area (Å²) in [5.41, 5.74) is 4.16. The summed E-state index contributed by atoms with van der Waals surface area (Å²) in [5, 5.41) is 15.6. The second kappa shape index (κ2) is 10.6. The van der Waals surface area contributed by atoms with E-state index in [9.17, 15) is 14.7 Å². The Hall–Kier alpha value is -3.64. The lowest BCUT2D eigenvalue weighted by Crippen LogP contribution is -2.51. The maximum Gasteiger partial charge on any atom is 0.320 e. The van der Waals surface area contributed by atoms with Crippen molar-refractivity contribution in [1.82, 2.24) is 10.2 Å². The first-order valence-electron chi connectivity index (χ1n) is 10.5. The normalized spacial score (nSPS) is 16.8. The first-order valence-corrected chi connectivity index (χ1v) is 10.5. The van der Waals surface area contributed by atoms with Gasteiger partial charge in [0.05, 0.1) is 12.6 Å². The lowest BCUT2D eigenvalue weighted by Gasteiger charge is -2.38. The SMILES string of the molecule is C=CC1=C(C=C)CN(C(=O)C(NC(=O)Nc2cccc(C)c2)c2ccccc2)[C@@H](CO)C1. The molecule has 1 aliphatic rings. The van der Waals surface area contributed by atoms with E-state index >= 15 is 0 Å². The van der Waals surface area contributed by atoms with Crippen LogP contribution in [0.2, 0.25) is 0 Å². The number of hydrogen-bond donors (Lipinski definition) is 3. The molecule has 32 heavy (non-hydrogen) atoms. The third-order valence-electron chi connectivity index (χ3n) is 5.57. The molecule has 0 saturated heterocycles. The third-order valence-corrected chi connectivity index (χ3v) is 5.57. The highest BCUT2D eigenvalue weighted by Crippen LogP contribution is 2.28. The van der Waals surface area contributed by atoms with E-state index in [2.05, 4.69) is 23.8 Å². The van der Waals surface area contributed by atoms with E-state index in [1.54, 1.807) is 35.3 Å². The largest absolute Gasteiger partial charge is 0.394 e. The van der Waals surface area contributed by atoms with E-state index in [0.29, 0.717) is 24.2 Å². The molecule has 166 valence electrons. The van der Waals surface area contributed by atoms with Crippen LogP contribution in [0.3, 0.4) is 0 Å². The van der Waals surface area contributed by atoms with Crippen molar-refractivity contribution in [1.29, 1.82) is 0 Å². The molecule has 6 nitrogen and oxygen atoms in total. The van der Waals surface area contributed by atoms with Crippen LogP contribution in [0.25, 0.3) is 0 Å². The Morgan fingerprint density at radius 3 is 2.47 bits per heavy atom. The molecule has 3 amide bonds. The smallest absolute Gasteiger partial charge is 0.320 e. The lowest BCUT2D eigenvalue weighted by molar-refractivity contribution is -0.136. The highest BCUT2D eigenvalue weighted by Gasteiger charge is 2.34.